The molecule has 1 heterocycles. The first kappa shape index (κ1) is 17.1. The molecule has 0 unspecified atom stereocenters. The van der Waals surface area contributed by atoms with Crippen LogP contribution >= 0.6 is 11.6 Å². The van der Waals surface area contributed by atoms with E-state index < -0.39 is 0 Å². The number of methoxy groups -OCH3 is 2. The zero-order valence-electron chi connectivity index (χ0n) is 12.6. The minimum atomic E-state index is 0.547. The monoisotopic (exact) mass is 301 g/mol. The van der Waals surface area contributed by atoms with Crippen LogP contribution in [0.25, 0.3) is 0 Å². The summed E-state index contributed by atoms with van der Waals surface area (Å²) in [5.74, 6) is 0.917. The van der Waals surface area contributed by atoms with Gasteiger partial charge in [-0.3, -0.25) is 0 Å². The highest BCUT2D eigenvalue weighted by Crippen LogP contribution is 2.24. The van der Waals surface area contributed by atoms with Crippen molar-refractivity contribution in [3.63, 3.8) is 0 Å². The molecule has 0 saturated carbocycles. The lowest BCUT2D eigenvalue weighted by Crippen LogP contribution is -2.31. The van der Waals surface area contributed by atoms with Crippen molar-refractivity contribution in [2.75, 3.05) is 45.4 Å². The maximum Gasteiger partial charge on any atom is 0.137 e. The summed E-state index contributed by atoms with van der Waals surface area (Å²) in [6.45, 7) is 5.15. The summed E-state index contributed by atoms with van der Waals surface area (Å²) in [4.78, 5) is 10.7. The Kier molecular flexibility index (Phi) is 8.49. The quantitative estimate of drug-likeness (QED) is 0.491. The zero-order valence-corrected chi connectivity index (χ0v) is 13.3. The Morgan fingerprint density at radius 1 is 1.15 bits per heavy atom. The van der Waals surface area contributed by atoms with Gasteiger partial charge in [-0.2, -0.15) is 0 Å². The lowest BCUT2D eigenvalue weighted by Gasteiger charge is -2.25. The Hall–Kier alpha value is -0.910. The van der Waals surface area contributed by atoms with Crippen molar-refractivity contribution in [2.45, 2.75) is 26.2 Å². The normalized spacial score (nSPS) is 10.8. The Bertz CT molecular complexity index is 391. The average Bonchev–Trinajstić information content (AvgIpc) is 2.45. The number of ether oxygens (including phenoxy) is 2. The number of aromatic nitrogens is 2. The molecule has 0 amide bonds. The summed E-state index contributed by atoms with van der Waals surface area (Å²) >= 11 is 6.21. The minimum absolute atomic E-state index is 0.547. The topological polar surface area (TPSA) is 47.5 Å². The summed E-state index contributed by atoms with van der Waals surface area (Å²) in [5.41, 5.74) is 1.02. The van der Waals surface area contributed by atoms with E-state index in [1.165, 1.54) is 6.33 Å². The van der Waals surface area contributed by atoms with Crippen molar-refractivity contribution in [1.82, 2.24) is 9.97 Å². The molecular formula is C14H24ClN3O2. The lowest BCUT2D eigenvalue weighted by molar-refractivity contribution is 0.191. The third kappa shape index (κ3) is 5.23. The van der Waals surface area contributed by atoms with Gasteiger partial charge in [0.15, 0.2) is 0 Å². The van der Waals surface area contributed by atoms with Crippen LogP contribution in [-0.4, -0.2) is 50.5 Å². The first-order valence-electron chi connectivity index (χ1n) is 6.96. The smallest absolute Gasteiger partial charge is 0.137 e. The molecule has 0 radical (unpaired) electrons. The number of nitrogens with zero attached hydrogens (tertiary/aromatic N) is 3. The molecule has 114 valence electrons. The molecule has 0 N–H and O–H groups in total. The minimum Gasteiger partial charge on any atom is -0.385 e. The maximum atomic E-state index is 6.21. The second-order valence-electron chi connectivity index (χ2n) is 4.54. The highest BCUT2D eigenvalue weighted by atomic mass is 35.5. The number of hydrogen-bond donors (Lipinski definition) is 0. The summed E-state index contributed by atoms with van der Waals surface area (Å²) in [6.07, 6.45) is 4.35. The van der Waals surface area contributed by atoms with E-state index in [-0.39, 0.29) is 0 Å². The molecule has 0 aliphatic heterocycles. The molecule has 0 atom stereocenters. The van der Waals surface area contributed by atoms with Gasteiger partial charge in [0.05, 0.1) is 6.61 Å². The fourth-order valence-corrected chi connectivity index (χ4v) is 2.27. The molecule has 0 aromatic carbocycles. The van der Waals surface area contributed by atoms with Crippen LogP contribution in [0, 0.1) is 0 Å². The van der Waals surface area contributed by atoms with E-state index in [2.05, 4.69) is 21.8 Å². The van der Waals surface area contributed by atoms with Crippen LogP contribution in [0.1, 0.15) is 25.3 Å². The average molecular weight is 302 g/mol. The number of anilines is 1. The summed E-state index contributed by atoms with van der Waals surface area (Å²) in [6, 6.07) is 0. The molecule has 0 aliphatic carbocycles. The van der Waals surface area contributed by atoms with Gasteiger partial charge in [0.25, 0.3) is 0 Å². The van der Waals surface area contributed by atoms with E-state index in [0.29, 0.717) is 11.8 Å². The van der Waals surface area contributed by atoms with E-state index >= 15 is 0 Å². The van der Waals surface area contributed by atoms with Gasteiger partial charge >= 0.3 is 0 Å². The van der Waals surface area contributed by atoms with Gasteiger partial charge in [-0.15, -0.1) is 0 Å². The third-order valence-electron chi connectivity index (χ3n) is 3.01. The van der Waals surface area contributed by atoms with Crippen molar-refractivity contribution in [3.8, 4) is 0 Å². The summed E-state index contributed by atoms with van der Waals surface area (Å²) in [5, 5.41) is 0.547. The molecule has 0 fully saturated rings. The van der Waals surface area contributed by atoms with Gasteiger partial charge < -0.3 is 14.4 Å². The lowest BCUT2D eigenvalue weighted by atomic mass is 10.1. The molecule has 6 heteroatoms. The van der Waals surface area contributed by atoms with Gasteiger partial charge in [0.2, 0.25) is 0 Å². The van der Waals surface area contributed by atoms with Gasteiger partial charge in [-0.05, 0) is 12.8 Å². The van der Waals surface area contributed by atoms with Gasteiger partial charge in [-0.1, -0.05) is 24.9 Å². The first-order valence-corrected chi connectivity index (χ1v) is 7.34. The summed E-state index contributed by atoms with van der Waals surface area (Å²) < 4.78 is 10.3. The molecule has 1 aromatic heterocycles. The van der Waals surface area contributed by atoms with Crippen molar-refractivity contribution < 1.29 is 9.47 Å². The van der Waals surface area contributed by atoms with Crippen LogP contribution in [0.15, 0.2) is 6.33 Å². The van der Waals surface area contributed by atoms with Crippen molar-refractivity contribution in [1.29, 1.82) is 0 Å². The van der Waals surface area contributed by atoms with Crippen molar-refractivity contribution >= 4 is 17.4 Å². The SMILES string of the molecule is CCCc1c(Cl)ncnc1N(CCCOC)CCOC. The van der Waals surface area contributed by atoms with E-state index in [4.69, 9.17) is 21.1 Å². The fourth-order valence-electron chi connectivity index (χ4n) is 2.04. The molecule has 20 heavy (non-hydrogen) atoms. The first-order chi connectivity index (χ1) is 9.74. The molecule has 0 saturated heterocycles. The standard InChI is InChI=1S/C14H24ClN3O2/c1-4-6-12-13(15)16-11-17-14(12)18(8-10-20-3)7-5-9-19-2/h11H,4-10H2,1-3H3. The third-order valence-corrected chi connectivity index (χ3v) is 3.34. The largest absolute Gasteiger partial charge is 0.385 e. The van der Waals surface area contributed by atoms with E-state index in [1.54, 1.807) is 14.2 Å². The predicted octanol–water partition coefficient (Wildman–Crippen LogP) is 2.57. The highest BCUT2D eigenvalue weighted by Gasteiger charge is 2.15. The molecule has 1 rings (SSSR count). The number of rotatable bonds is 10. The van der Waals surface area contributed by atoms with Gasteiger partial charge in [-0.25, -0.2) is 9.97 Å². The van der Waals surface area contributed by atoms with Crippen LogP contribution in [0.5, 0.6) is 0 Å². The fraction of sp³-hybridized carbons (Fsp3) is 0.714. The number of halogens is 1. The van der Waals surface area contributed by atoms with E-state index in [0.717, 1.165) is 50.3 Å². The van der Waals surface area contributed by atoms with E-state index in [1.807, 2.05) is 0 Å². The maximum absolute atomic E-state index is 6.21. The van der Waals surface area contributed by atoms with Gasteiger partial charge in [0.1, 0.15) is 17.3 Å². The molecular weight excluding hydrogens is 278 g/mol. The molecule has 0 spiro atoms. The second-order valence-corrected chi connectivity index (χ2v) is 4.90. The van der Waals surface area contributed by atoms with Crippen LogP contribution in [0.2, 0.25) is 5.15 Å². The zero-order chi connectivity index (χ0) is 14.8. The Morgan fingerprint density at radius 2 is 1.90 bits per heavy atom. The van der Waals surface area contributed by atoms with Crippen LogP contribution in [-0.2, 0) is 15.9 Å². The van der Waals surface area contributed by atoms with E-state index in [9.17, 15) is 0 Å². The second kappa shape index (κ2) is 9.91. The predicted molar refractivity (Wildman–Crippen MR) is 81.6 cm³/mol. The van der Waals surface area contributed by atoms with Crippen LogP contribution in [0.4, 0.5) is 5.82 Å². The molecule has 5 nitrogen and oxygen atoms in total. The van der Waals surface area contributed by atoms with Gasteiger partial charge in [0, 0.05) is 39.5 Å². The molecule has 0 bridgehead atoms. The number of hydrogen-bond acceptors (Lipinski definition) is 5. The molecule has 1 aromatic rings. The summed E-state index contributed by atoms with van der Waals surface area (Å²) in [7, 11) is 3.41. The Balaban J connectivity index is 2.89. The highest BCUT2D eigenvalue weighted by molar-refractivity contribution is 6.30. The Labute approximate surface area is 126 Å². The molecule has 0 aliphatic rings. The van der Waals surface area contributed by atoms with Crippen LogP contribution < -0.4 is 4.90 Å². The van der Waals surface area contributed by atoms with Crippen LogP contribution in [0.3, 0.4) is 0 Å². The van der Waals surface area contributed by atoms with Crippen molar-refractivity contribution in [2.24, 2.45) is 0 Å². The van der Waals surface area contributed by atoms with Crippen molar-refractivity contribution in [3.05, 3.63) is 17.0 Å². The Morgan fingerprint density at radius 3 is 2.55 bits per heavy atom.